The van der Waals surface area contributed by atoms with Crippen LogP contribution < -0.4 is 0 Å². The molecule has 0 heterocycles. The number of nitro groups is 3. The zero-order valence-corrected chi connectivity index (χ0v) is 9.88. The number of rotatable bonds is 3. The van der Waals surface area contributed by atoms with Crippen LogP contribution in [0.25, 0.3) is 0 Å². The largest absolute Gasteiger partial charge is 0.497 e. The van der Waals surface area contributed by atoms with Crippen LogP contribution in [-0.4, -0.2) is 19.9 Å². The van der Waals surface area contributed by atoms with E-state index in [4.69, 9.17) is 5.11 Å². The third kappa shape index (κ3) is 3.64. The number of nitro benzene ring substituents is 3. The van der Waals surface area contributed by atoms with Crippen molar-refractivity contribution >= 4 is 17.1 Å². The zero-order valence-electron chi connectivity index (χ0n) is 8.00. The van der Waals surface area contributed by atoms with Crippen LogP contribution in [0.15, 0.2) is 12.1 Å². The molecule has 0 spiro atoms. The molecule has 0 aliphatic heterocycles. The molecule has 1 rings (SSSR count). The summed E-state index contributed by atoms with van der Waals surface area (Å²) in [5.74, 6) is -1.21. The topological polar surface area (TPSA) is 150 Å². The molecular weight excluding hydrogens is 353 g/mol. The third-order valence-corrected chi connectivity index (χ3v) is 1.66. The fourth-order valence-corrected chi connectivity index (χ4v) is 0.974. The van der Waals surface area contributed by atoms with Gasteiger partial charge >= 0.3 is 11.4 Å². The Hall–Kier alpha value is -1.74. The number of hydrogen-bond donors (Lipinski definition) is 1. The predicted octanol–water partition coefficient (Wildman–Crippen LogP) is 1.11. The molecule has 12 heteroatoms. The van der Waals surface area contributed by atoms with E-state index in [9.17, 15) is 30.3 Å². The first-order valence-corrected chi connectivity index (χ1v) is 3.64. The van der Waals surface area contributed by atoms with Crippen LogP contribution in [0.5, 0.6) is 5.75 Å². The van der Waals surface area contributed by atoms with Crippen LogP contribution in [0, 0.1) is 30.3 Å². The van der Waals surface area contributed by atoms with E-state index >= 15 is 0 Å². The van der Waals surface area contributed by atoms with Gasteiger partial charge in [0.25, 0.3) is 11.4 Å². The fraction of sp³-hybridized carbons (Fsp3) is 0. The van der Waals surface area contributed by atoms with Gasteiger partial charge in [0.2, 0.25) is 0 Å². The van der Waals surface area contributed by atoms with Crippen LogP contribution in [0.1, 0.15) is 0 Å². The van der Waals surface area contributed by atoms with E-state index in [1.165, 1.54) is 0 Å². The Morgan fingerprint density at radius 2 is 1.17 bits per heavy atom. The summed E-state index contributed by atoms with van der Waals surface area (Å²) in [6.07, 6.45) is 0. The van der Waals surface area contributed by atoms with Crippen molar-refractivity contribution in [3.63, 3.8) is 0 Å². The van der Waals surface area contributed by atoms with E-state index in [2.05, 4.69) is 0 Å². The summed E-state index contributed by atoms with van der Waals surface area (Å²) < 4.78 is 0. The van der Waals surface area contributed by atoms with Crippen LogP contribution in [-0.2, 0) is 34.1 Å². The van der Waals surface area contributed by atoms with Gasteiger partial charge in [-0.2, -0.15) is 0 Å². The second-order valence-corrected chi connectivity index (χ2v) is 2.60. The molecule has 0 bridgehead atoms. The Morgan fingerprint density at radius 1 is 0.833 bits per heavy atom. The summed E-state index contributed by atoms with van der Waals surface area (Å²) in [7, 11) is 0. The van der Waals surface area contributed by atoms with E-state index < -0.39 is 37.6 Å². The van der Waals surface area contributed by atoms with Crippen molar-refractivity contribution < 1.29 is 54.0 Å². The summed E-state index contributed by atoms with van der Waals surface area (Å²) in [5.41, 5.74) is -3.00. The molecule has 18 heavy (non-hydrogen) atoms. The van der Waals surface area contributed by atoms with Crippen molar-refractivity contribution in [1.82, 2.24) is 0 Å². The van der Waals surface area contributed by atoms with Gasteiger partial charge in [-0.05, 0) is 0 Å². The Bertz CT molecular complexity index is 471. The van der Waals surface area contributed by atoms with Gasteiger partial charge in [-0.3, -0.25) is 30.3 Å². The minimum absolute atomic E-state index is 0. The van der Waals surface area contributed by atoms with Crippen molar-refractivity contribution in [3.8, 4) is 5.75 Å². The standard InChI is InChI=1S/C6H3N3O7.2Cu/c10-6-4(8(13)14)1-3(7(11)12)2-5(6)9(15)16;;/h1-2,10H;;. The Labute approximate surface area is 119 Å². The average molecular weight is 356 g/mol. The smallest absolute Gasteiger partial charge is 0.324 e. The quantitative estimate of drug-likeness (QED) is 0.484. The molecule has 1 aromatic rings. The monoisotopic (exact) mass is 355 g/mol. The number of nitrogens with zero attached hydrogens (tertiary/aromatic N) is 3. The molecule has 1 aromatic carbocycles. The molecule has 2 radical (unpaired) electrons. The van der Waals surface area contributed by atoms with Crippen molar-refractivity contribution in [3.05, 3.63) is 42.5 Å². The zero-order chi connectivity index (χ0) is 12.5. The molecular formula is C6H3Cu2N3O7. The second kappa shape index (κ2) is 6.86. The molecule has 106 valence electrons. The van der Waals surface area contributed by atoms with E-state index in [-0.39, 0.29) is 34.1 Å². The fourth-order valence-electron chi connectivity index (χ4n) is 0.974. The molecule has 0 amide bonds. The summed E-state index contributed by atoms with van der Waals surface area (Å²) in [6, 6.07) is 0.894. The average Bonchev–Trinajstić information content (AvgIpc) is 2.16. The van der Waals surface area contributed by atoms with Gasteiger partial charge < -0.3 is 5.11 Å². The predicted molar refractivity (Wildman–Crippen MR) is 48.1 cm³/mol. The third-order valence-electron chi connectivity index (χ3n) is 1.66. The minimum Gasteiger partial charge on any atom is -0.497 e. The molecule has 0 fully saturated rings. The first kappa shape index (κ1) is 18.6. The maximum Gasteiger partial charge on any atom is 0.324 e. The SMILES string of the molecule is O=[N+]([O-])c1cc([N+](=O)[O-])c(O)c([N+](=O)[O-])c1.[Cu].[Cu]. The van der Waals surface area contributed by atoms with Crippen LogP contribution in [0.3, 0.4) is 0 Å². The molecule has 0 aliphatic carbocycles. The Balaban J connectivity index is 0. The number of aromatic hydroxyl groups is 1. The van der Waals surface area contributed by atoms with E-state index in [1.807, 2.05) is 0 Å². The van der Waals surface area contributed by atoms with Crippen molar-refractivity contribution in [1.29, 1.82) is 0 Å². The van der Waals surface area contributed by atoms with Gasteiger partial charge in [-0.25, -0.2) is 0 Å². The molecule has 0 saturated carbocycles. The number of benzene rings is 1. The molecule has 0 unspecified atom stereocenters. The maximum absolute atomic E-state index is 10.4. The van der Waals surface area contributed by atoms with Crippen LogP contribution in [0.4, 0.5) is 17.1 Å². The molecule has 10 nitrogen and oxygen atoms in total. The van der Waals surface area contributed by atoms with Crippen LogP contribution in [0.2, 0.25) is 0 Å². The van der Waals surface area contributed by atoms with Gasteiger partial charge in [0, 0.05) is 34.1 Å². The van der Waals surface area contributed by atoms with Crippen molar-refractivity contribution in [2.45, 2.75) is 0 Å². The van der Waals surface area contributed by atoms with Gasteiger partial charge in [0.05, 0.1) is 26.9 Å². The summed E-state index contributed by atoms with van der Waals surface area (Å²) in [6.45, 7) is 0. The van der Waals surface area contributed by atoms with Gasteiger partial charge in [-0.1, -0.05) is 0 Å². The maximum atomic E-state index is 10.4. The van der Waals surface area contributed by atoms with E-state index in [0.717, 1.165) is 0 Å². The van der Waals surface area contributed by atoms with Gasteiger partial charge in [0.1, 0.15) is 0 Å². The summed E-state index contributed by atoms with van der Waals surface area (Å²) in [4.78, 5) is 27.8. The van der Waals surface area contributed by atoms with Crippen LogP contribution >= 0.6 is 0 Å². The number of hydrogen-bond acceptors (Lipinski definition) is 7. The summed E-state index contributed by atoms with van der Waals surface area (Å²) >= 11 is 0. The van der Waals surface area contributed by atoms with E-state index in [0.29, 0.717) is 12.1 Å². The van der Waals surface area contributed by atoms with Gasteiger partial charge in [0.15, 0.2) is 0 Å². The normalized spacial score (nSPS) is 8.67. The Kier molecular flexibility index (Phi) is 7.10. The first-order chi connectivity index (χ1) is 7.34. The Morgan fingerprint density at radius 3 is 1.39 bits per heavy atom. The van der Waals surface area contributed by atoms with Crippen molar-refractivity contribution in [2.24, 2.45) is 0 Å². The summed E-state index contributed by atoms with van der Waals surface area (Å²) in [5, 5.41) is 40.2. The number of phenols is 1. The molecule has 0 aliphatic rings. The van der Waals surface area contributed by atoms with Gasteiger partial charge in [-0.15, -0.1) is 0 Å². The molecule has 0 atom stereocenters. The molecule has 1 N–H and O–H groups in total. The second-order valence-electron chi connectivity index (χ2n) is 2.60. The van der Waals surface area contributed by atoms with E-state index in [1.54, 1.807) is 0 Å². The number of phenolic OH excluding ortho intramolecular Hbond substituents is 1. The first-order valence-electron chi connectivity index (χ1n) is 3.64. The molecule has 0 aromatic heterocycles. The molecule has 0 saturated heterocycles. The number of non-ortho nitro benzene ring substituents is 1. The minimum atomic E-state index is -1.21. The van der Waals surface area contributed by atoms with Crippen molar-refractivity contribution in [2.75, 3.05) is 0 Å².